The van der Waals surface area contributed by atoms with Crippen LogP contribution in [-0.4, -0.2) is 23.7 Å². The summed E-state index contributed by atoms with van der Waals surface area (Å²) in [7, 11) is 0. The zero-order chi connectivity index (χ0) is 11.6. The molecule has 2 rings (SSSR count). The molecule has 3 nitrogen and oxygen atoms in total. The molecule has 0 atom stereocenters. The normalized spacial score (nSPS) is 19.4. The van der Waals surface area contributed by atoms with E-state index in [4.69, 9.17) is 16.3 Å². The number of hydrogen-bond donors (Lipinski definition) is 1. The molecule has 0 radical (unpaired) electrons. The summed E-state index contributed by atoms with van der Waals surface area (Å²) in [5.74, 6) is 0.811. The second-order valence-electron chi connectivity index (χ2n) is 4.58. The third-order valence-electron chi connectivity index (χ3n) is 3.01. The van der Waals surface area contributed by atoms with Crippen molar-refractivity contribution in [2.45, 2.75) is 32.3 Å². The van der Waals surface area contributed by atoms with Gasteiger partial charge in [0.1, 0.15) is 16.5 Å². The molecule has 4 heteroatoms. The van der Waals surface area contributed by atoms with Gasteiger partial charge in [-0.2, -0.15) is 0 Å². The first-order valence-electron chi connectivity index (χ1n) is 5.61. The molecule has 0 saturated carbocycles. The highest BCUT2D eigenvalue weighted by molar-refractivity contribution is 6.30. The first-order chi connectivity index (χ1) is 7.59. The molecular weight excluding hydrogens is 224 g/mol. The van der Waals surface area contributed by atoms with Crippen molar-refractivity contribution in [1.29, 1.82) is 0 Å². The van der Waals surface area contributed by atoms with E-state index in [0.29, 0.717) is 5.15 Å². The topological polar surface area (TPSA) is 34.1 Å². The molecule has 88 valence electrons. The van der Waals surface area contributed by atoms with Gasteiger partial charge in [0, 0.05) is 0 Å². The summed E-state index contributed by atoms with van der Waals surface area (Å²) >= 11 is 5.88. The van der Waals surface area contributed by atoms with E-state index >= 15 is 0 Å². The average Bonchev–Trinajstić information content (AvgIpc) is 2.24. The van der Waals surface area contributed by atoms with E-state index in [-0.39, 0.29) is 5.60 Å². The second kappa shape index (κ2) is 4.60. The van der Waals surface area contributed by atoms with Gasteiger partial charge < -0.3 is 10.1 Å². The van der Waals surface area contributed by atoms with Crippen molar-refractivity contribution in [2.75, 3.05) is 13.1 Å². The lowest BCUT2D eigenvalue weighted by Gasteiger charge is -2.34. The van der Waals surface area contributed by atoms with Gasteiger partial charge in [-0.1, -0.05) is 11.6 Å². The molecule has 0 aromatic carbocycles. The summed E-state index contributed by atoms with van der Waals surface area (Å²) in [5.41, 5.74) is 0.879. The van der Waals surface area contributed by atoms with Gasteiger partial charge >= 0.3 is 0 Å². The molecule has 0 amide bonds. The Kier molecular flexibility index (Phi) is 3.36. The van der Waals surface area contributed by atoms with Gasteiger partial charge in [0.25, 0.3) is 0 Å². The van der Waals surface area contributed by atoms with Gasteiger partial charge in [0.2, 0.25) is 0 Å². The van der Waals surface area contributed by atoms with Crippen molar-refractivity contribution in [3.63, 3.8) is 0 Å². The SMILES string of the molecule is Cc1cc(OC2(C)CCNCC2)cnc1Cl. The van der Waals surface area contributed by atoms with Gasteiger partial charge in [0.15, 0.2) is 0 Å². The maximum atomic E-state index is 6.02. The highest BCUT2D eigenvalue weighted by atomic mass is 35.5. The van der Waals surface area contributed by atoms with Crippen molar-refractivity contribution in [1.82, 2.24) is 10.3 Å². The molecule has 1 aromatic heterocycles. The van der Waals surface area contributed by atoms with Crippen LogP contribution < -0.4 is 10.1 Å². The van der Waals surface area contributed by atoms with Crippen LogP contribution in [0.5, 0.6) is 5.75 Å². The lowest BCUT2D eigenvalue weighted by Crippen LogP contribution is -2.43. The largest absolute Gasteiger partial charge is 0.486 e. The third-order valence-corrected chi connectivity index (χ3v) is 3.41. The summed E-state index contributed by atoms with van der Waals surface area (Å²) in [6, 6.07) is 1.95. The van der Waals surface area contributed by atoms with Gasteiger partial charge in [-0.15, -0.1) is 0 Å². The molecule has 1 N–H and O–H groups in total. The minimum Gasteiger partial charge on any atom is -0.486 e. The van der Waals surface area contributed by atoms with E-state index in [1.165, 1.54) is 0 Å². The fraction of sp³-hybridized carbons (Fsp3) is 0.583. The van der Waals surface area contributed by atoms with Crippen LogP contribution in [0.4, 0.5) is 0 Å². The Morgan fingerprint density at radius 3 is 2.75 bits per heavy atom. The van der Waals surface area contributed by atoms with Crippen molar-refractivity contribution < 1.29 is 4.74 Å². The maximum Gasteiger partial charge on any atom is 0.138 e. The molecule has 1 saturated heterocycles. The van der Waals surface area contributed by atoms with Crippen molar-refractivity contribution >= 4 is 11.6 Å². The molecule has 0 aliphatic carbocycles. The number of rotatable bonds is 2. The maximum absolute atomic E-state index is 6.02. The van der Waals surface area contributed by atoms with E-state index in [9.17, 15) is 0 Å². The summed E-state index contributed by atoms with van der Waals surface area (Å²) < 4.78 is 6.02. The quantitative estimate of drug-likeness (QED) is 0.807. The van der Waals surface area contributed by atoms with Gasteiger partial charge in [-0.05, 0) is 51.4 Å². The molecule has 1 aromatic rings. The van der Waals surface area contributed by atoms with Gasteiger partial charge in [-0.3, -0.25) is 0 Å². The first kappa shape index (κ1) is 11.7. The van der Waals surface area contributed by atoms with Crippen LogP contribution >= 0.6 is 11.6 Å². The first-order valence-corrected chi connectivity index (χ1v) is 5.99. The zero-order valence-corrected chi connectivity index (χ0v) is 10.5. The smallest absolute Gasteiger partial charge is 0.138 e. The number of pyridine rings is 1. The van der Waals surface area contributed by atoms with Crippen LogP contribution in [0, 0.1) is 6.92 Å². The Bertz CT molecular complexity index is 375. The van der Waals surface area contributed by atoms with Crippen LogP contribution in [0.1, 0.15) is 25.3 Å². The lowest BCUT2D eigenvalue weighted by molar-refractivity contribution is 0.0552. The Morgan fingerprint density at radius 1 is 1.44 bits per heavy atom. The number of aryl methyl sites for hydroxylation is 1. The predicted octanol–water partition coefficient (Wildman–Crippen LogP) is 2.56. The minimum absolute atomic E-state index is 0.0762. The third kappa shape index (κ3) is 2.66. The molecule has 0 bridgehead atoms. The Labute approximate surface area is 101 Å². The number of hydrogen-bond acceptors (Lipinski definition) is 3. The number of piperidine rings is 1. The summed E-state index contributed by atoms with van der Waals surface area (Å²) in [6.45, 7) is 6.11. The standard InChI is InChI=1S/C12H17ClN2O/c1-9-7-10(8-15-11(9)13)16-12(2)3-5-14-6-4-12/h7-8,14H,3-6H2,1-2H3. The number of halogens is 1. The Hall–Kier alpha value is -0.800. The molecule has 0 spiro atoms. The van der Waals surface area contributed by atoms with Crippen LogP contribution in [-0.2, 0) is 0 Å². The summed E-state index contributed by atoms with van der Waals surface area (Å²) in [5, 5.41) is 3.87. The minimum atomic E-state index is -0.0762. The lowest BCUT2D eigenvalue weighted by atomic mass is 9.94. The van der Waals surface area contributed by atoms with Gasteiger partial charge in [0.05, 0.1) is 6.20 Å². The molecule has 16 heavy (non-hydrogen) atoms. The Morgan fingerprint density at radius 2 is 2.12 bits per heavy atom. The monoisotopic (exact) mass is 240 g/mol. The van der Waals surface area contributed by atoms with Crippen LogP contribution in [0.15, 0.2) is 12.3 Å². The van der Waals surface area contributed by atoms with Crippen LogP contribution in [0.25, 0.3) is 0 Å². The molecular formula is C12H17ClN2O. The number of aromatic nitrogens is 1. The van der Waals surface area contributed by atoms with Crippen LogP contribution in [0.3, 0.4) is 0 Å². The molecule has 2 heterocycles. The van der Waals surface area contributed by atoms with E-state index in [1.54, 1.807) is 6.20 Å². The summed E-state index contributed by atoms with van der Waals surface area (Å²) in [4.78, 5) is 4.10. The van der Waals surface area contributed by atoms with E-state index < -0.39 is 0 Å². The van der Waals surface area contributed by atoms with Crippen molar-refractivity contribution in [3.05, 3.63) is 23.0 Å². The summed E-state index contributed by atoms with van der Waals surface area (Å²) in [6.07, 6.45) is 3.74. The van der Waals surface area contributed by atoms with Crippen molar-refractivity contribution in [2.24, 2.45) is 0 Å². The highest BCUT2D eigenvalue weighted by Gasteiger charge is 2.28. The highest BCUT2D eigenvalue weighted by Crippen LogP contribution is 2.27. The Balaban J connectivity index is 2.10. The van der Waals surface area contributed by atoms with E-state index in [2.05, 4.69) is 17.2 Å². The van der Waals surface area contributed by atoms with Crippen molar-refractivity contribution in [3.8, 4) is 5.75 Å². The fourth-order valence-electron chi connectivity index (χ4n) is 1.93. The van der Waals surface area contributed by atoms with E-state index in [1.807, 2.05) is 13.0 Å². The predicted molar refractivity (Wildman–Crippen MR) is 65.1 cm³/mol. The number of nitrogens with one attached hydrogen (secondary N) is 1. The average molecular weight is 241 g/mol. The molecule has 1 fully saturated rings. The number of nitrogens with zero attached hydrogens (tertiary/aromatic N) is 1. The van der Waals surface area contributed by atoms with E-state index in [0.717, 1.165) is 37.2 Å². The molecule has 1 aliphatic rings. The number of ether oxygens (including phenoxy) is 1. The molecule has 1 aliphatic heterocycles. The van der Waals surface area contributed by atoms with Crippen LogP contribution in [0.2, 0.25) is 5.15 Å². The fourth-order valence-corrected chi connectivity index (χ4v) is 2.03. The molecule has 0 unspecified atom stereocenters. The van der Waals surface area contributed by atoms with Gasteiger partial charge in [-0.25, -0.2) is 4.98 Å². The zero-order valence-electron chi connectivity index (χ0n) is 9.72. The second-order valence-corrected chi connectivity index (χ2v) is 4.94.